The van der Waals surface area contributed by atoms with Crippen molar-refractivity contribution < 1.29 is 14.6 Å². The van der Waals surface area contributed by atoms with Gasteiger partial charge in [0.2, 0.25) is 0 Å². The third kappa shape index (κ3) is 4.61. The molecule has 0 saturated heterocycles. The summed E-state index contributed by atoms with van der Waals surface area (Å²) < 4.78 is 4.60. The van der Waals surface area contributed by atoms with Crippen molar-refractivity contribution in [3.05, 3.63) is 29.6 Å². The number of nitrogens with zero attached hydrogens (tertiary/aromatic N) is 2. The zero-order chi connectivity index (χ0) is 14.5. The second-order valence-corrected chi connectivity index (χ2v) is 4.84. The molecule has 19 heavy (non-hydrogen) atoms. The number of aromatic nitrogens is 1. The number of pyridine rings is 1. The van der Waals surface area contributed by atoms with E-state index < -0.39 is 11.6 Å². The van der Waals surface area contributed by atoms with E-state index in [0.29, 0.717) is 13.1 Å². The first-order valence-electron chi connectivity index (χ1n) is 6.34. The van der Waals surface area contributed by atoms with E-state index in [9.17, 15) is 9.90 Å². The van der Waals surface area contributed by atoms with E-state index in [1.165, 1.54) is 14.0 Å². The molecule has 0 aliphatic heterocycles. The SMILES string of the molecule is CCN(Cc1cccc(C)n1)CC(C)(O)C(=O)OC. The second-order valence-electron chi connectivity index (χ2n) is 4.84. The van der Waals surface area contributed by atoms with E-state index in [4.69, 9.17) is 0 Å². The quantitative estimate of drug-likeness (QED) is 0.782. The molecule has 1 heterocycles. The summed E-state index contributed by atoms with van der Waals surface area (Å²) in [5.41, 5.74) is 0.366. The topological polar surface area (TPSA) is 62.7 Å². The Morgan fingerprint density at radius 1 is 1.53 bits per heavy atom. The number of carbonyl (C=O) groups excluding carboxylic acids is 1. The van der Waals surface area contributed by atoms with Gasteiger partial charge in [-0.3, -0.25) is 9.88 Å². The normalized spacial score (nSPS) is 14.2. The van der Waals surface area contributed by atoms with Crippen LogP contribution in [0.1, 0.15) is 25.2 Å². The van der Waals surface area contributed by atoms with E-state index in [0.717, 1.165) is 11.4 Å². The molecule has 0 spiro atoms. The number of likely N-dealkylation sites (N-methyl/N-ethyl adjacent to an activating group) is 1. The highest BCUT2D eigenvalue weighted by molar-refractivity contribution is 5.78. The lowest BCUT2D eigenvalue weighted by Crippen LogP contribution is -2.47. The molecule has 0 saturated carbocycles. The van der Waals surface area contributed by atoms with Crippen LogP contribution >= 0.6 is 0 Å². The maximum Gasteiger partial charge on any atom is 0.338 e. The van der Waals surface area contributed by atoms with Gasteiger partial charge < -0.3 is 9.84 Å². The van der Waals surface area contributed by atoms with Crippen molar-refractivity contribution in [2.75, 3.05) is 20.2 Å². The first-order valence-corrected chi connectivity index (χ1v) is 6.34. The van der Waals surface area contributed by atoms with Gasteiger partial charge in [-0.15, -0.1) is 0 Å². The number of methoxy groups -OCH3 is 1. The summed E-state index contributed by atoms with van der Waals surface area (Å²) in [5, 5.41) is 10.1. The fourth-order valence-electron chi connectivity index (χ4n) is 1.92. The van der Waals surface area contributed by atoms with Crippen LogP contribution in [0, 0.1) is 6.92 Å². The summed E-state index contributed by atoms with van der Waals surface area (Å²) in [5.74, 6) is -0.622. The summed E-state index contributed by atoms with van der Waals surface area (Å²) in [6.07, 6.45) is 0. The highest BCUT2D eigenvalue weighted by Crippen LogP contribution is 2.11. The number of esters is 1. The van der Waals surface area contributed by atoms with E-state index in [-0.39, 0.29) is 6.54 Å². The number of aliphatic hydroxyl groups is 1. The number of ether oxygens (including phenoxy) is 1. The Hall–Kier alpha value is -1.46. The largest absolute Gasteiger partial charge is 0.467 e. The molecule has 0 bridgehead atoms. The molecule has 1 rings (SSSR count). The molecule has 1 N–H and O–H groups in total. The second kappa shape index (κ2) is 6.63. The van der Waals surface area contributed by atoms with Crippen LogP contribution in [0.15, 0.2) is 18.2 Å². The monoisotopic (exact) mass is 266 g/mol. The fraction of sp³-hybridized carbons (Fsp3) is 0.571. The van der Waals surface area contributed by atoms with Crippen molar-refractivity contribution >= 4 is 5.97 Å². The van der Waals surface area contributed by atoms with Crippen molar-refractivity contribution in [1.29, 1.82) is 0 Å². The number of aryl methyl sites for hydroxylation is 1. The van der Waals surface area contributed by atoms with E-state index in [2.05, 4.69) is 9.72 Å². The first kappa shape index (κ1) is 15.6. The van der Waals surface area contributed by atoms with Crippen LogP contribution in [-0.2, 0) is 16.1 Å². The molecular formula is C14H22N2O3. The maximum absolute atomic E-state index is 11.5. The zero-order valence-corrected chi connectivity index (χ0v) is 12.0. The molecule has 1 aromatic rings. The highest BCUT2D eigenvalue weighted by Gasteiger charge is 2.33. The minimum Gasteiger partial charge on any atom is -0.467 e. The van der Waals surface area contributed by atoms with Gasteiger partial charge in [-0.1, -0.05) is 13.0 Å². The minimum absolute atomic E-state index is 0.214. The third-order valence-electron chi connectivity index (χ3n) is 2.94. The van der Waals surface area contributed by atoms with Crippen molar-refractivity contribution in [2.45, 2.75) is 32.9 Å². The van der Waals surface area contributed by atoms with E-state index in [1.54, 1.807) is 0 Å². The standard InChI is InChI=1S/C14H22N2O3/c1-5-16(10-14(3,18)13(17)19-4)9-12-8-6-7-11(2)15-12/h6-8,18H,5,9-10H2,1-4H3. The van der Waals surface area contributed by atoms with Crippen molar-refractivity contribution in [3.63, 3.8) is 0 Å². The Morgan fingerprint density at radius 3 is 2.74 bits per heavy atom. The third-order valence-corrected chi connectivity index (χ3v) is 2.94. The lowest BCUT2D eigenvalue weighted by molar-refractivity contribution is -0.162. The molecule has 0 fully saturated rings. The van der Waals surface area contributed by atoms with Gasteiger partial charge in [0, 0.05) is 18.8 Å². The van der Waals surface area contributed by atoms with Crippen LogP contribution in [0.4, 0.5) is 0 Å². The summed E-state index contributed by atoms with van der Waals surface area (Å²) >= 11 is 0. The van der Waals surface area contributed by atoms with Crippen molar-refractivity contribution in [2.24, 2.45) is 0 Å². The molecule has 5 heteroatoms. The molecule has 106 valence electrons. The van der Waals surface area contributed by atoms with Crippen LogP contribution in [0.25, 0.3) is 0 Å². The van der Waals surface area contributed by atoms with Crippen LogP contribution in [0.5, 0.6) is 0 Å². The van der Waals surface area contributed by atoms with Crippen LogP contribution in [-0.4, -0.2) is 46.8 Å². The Labute approximate surface area is 114 Å². The summed E-state index contributed by atoms with van der Waals surface area (Å²) in [7, 11) is 1.27. The molecule has 1 unspecified atom stereocenters. The van der Waals surface area contributed by atoms with Crippen LogP contribution in [0.3, 0.4) is 0 Å². The van der Waals surface area contributed by atoms with Gasteiger partial charge in [0.15, 0.2) is 5.60 Å². The molecule has 0 radical (unpaired) electrons. The average Bonchev–Trinajstić information content (AvgIpc) is 2.36. The molecule has 0 aromatic carbocycles. The van der Waals surface area contributed by atoms with Gasteiger partial charge in [-0.05, 0) is 32.5 Å². The van der Waals surface area contributed by atoms with Gasteiger partial charge in [0.25, 0.3) is 0 Å². The summed E-state index contributed by atoms with van der Waals surface area (Å²) in [4.78, 5) is 17.9. The molecule has 0 aliphatic rings. The smallest absolute Gasteiger partial charge is 0.338 e. The lowest BCUT2D eigenvalue weighted by atomic mass is 10.1. The predicted molar refractivity (Wildman–Crippen MR) is 72.6 cm³/mol. The molecule has 0 aliphatic carbocycles. The molecular weight excluding hydrogens is 244 g/mol. The maximum atomic E-state index is 11.5. The highest BCUT2D eigenvalue weighted by atomic mass is 16.5. The van der Waals surface area contributed by atoms with Crippen LogP contribution < -0.4 is 0 Å². The molecule has 1 atom stereocenters. The predicted octanol–water partition coefficient (Wildman–Crippen LogP) is 1.14. The fourth-order valence-corrected chi connectivity index (χ4v) is 1.92. The van der Waals surface area contributed by atoms with E-state index in [1.807, 2.05) is 36.9 Å². The van der Waals surface area contributed by atoms with Gasteiger partial charge in [0.05, 0.1) is 12.8 Å². The summed E-state index contributed by atoms with van der Waals surface area (Å²) in [6.45, 7) is 6.89. The number of carbonyl (C=O) groups is 1. The number of rotatable bonds is 6. The Bertz CT molecular complexity index is 432. The van der Waals surface area contributed by atoms with Gasteiger partial charge in [-0.25, -0.2) is 4.79 Å². The lowest BCUT2D eigenvalue weighted by Gasteiger charge is -2.28. The van der Waals surface area contributed by atoms with Crippen molar-refractivity contribution in [3.8, 4) is 0 Å². The molecule has 0 amide bonds. The number of hydrogen-bond donors (Lipinski definition) is 1. The Morgan fingerprint density at radius 2 is 2.21 bits per heavy atom. The summed E-state index contributed by atoms with van der Waals surface area (Å²) in [6, 6.07) is 5.82. The van der Waals surface area contributed by atoms with E-state index >= 15 is 0 Å². The van der Waals surface area contributed by atoms with Gasteiger partial charge in [-0.2, -0.15) is 0 Å². The molecule has 5 nitrogen and oxygen atoms in total. The van der Waals surface area contributed by atoms with Crippen LogP contribution in [0.2, 0.25) is 0 Å². The minimum atomic E-state index is -1.51. The van der Waals surface area contributed by atoms with Crippen molar-refractivity contribution in [1.82, 2.24) is 9.88 Å². The first-order chi connectivity index (χ1) is 8.89. The van der Waals surface area contributed by atoms with Gasteiger partial charge in [0.1, 0.15) is 0 Å². The molecule has 1 aromatic heterocycles. The zero-order valence-electron chi connectivity index (χ0n) is 12.0. The van der Waals surface area contributed by atoms with Gasteiger partial charge >= 0.3 is 5.97 Å². The average molecular weight is 266 g/mol. The Balaban J connectivity index is 2.71. The number of hydrogen-bond acceptors (Lipinski definition) is 5. The Kier molecular flexibility index (Phi) is 5.44.